The van der Waals surface area contributed by atoms with Gasteiger partial charge in [-0.25, -0.2) is 0 Å². The van der Waals surface area contributed by atoms with Crippen LogP contribution in [0.2, 0.25) is 0 Å². The van der Waals surface area contributed by atoms with Gasteiger partial charge in [0, 0.05) is 22.1 Å². The standard InChI is InChI=1S/C19H20O2/c1-12-5-6-14(9-13(12)2)18(20)15-7-8-17-16(10-15)19(3,4)11-21-17/h5-10H,11H2,1-4H3. The number of ether oxygens (including phenoxy) is 1. The van der Waals surface area contributed by atoms with E-state index in [1.165, 1.54) is 5.56 Å². The highest BCUT2D eigenvalue weighted by atomic mass is 16.5. The van der Waals surface area contributed by atoms with Gasteiger partial charge in [-0.05, 0) is 49.2 Å². The van der Waals surface area contributed by atoms with E-state index in [-0.39, 0.29) is 11.2 Å². The molecule has 1 heterocycles. The Kier molecular flexibility index (Phi) is 3.12. The van der Waals surface area contributed by atoms with Crippen LogP contribution in [-0.4, -0.2) is 12.4 Å². The summed E-state index contributed by atoms with van der Waals surface area (Å²) in [5.41, 5.74) is 4.91. The predicted octanol–water partition coefficient (Wildman–Crippen LogP) is 4.20. The van der Waals surface area contributed by atoms with Gasteiger partial charge in [-0.2, -0.15) is 0 Å². The summed E-state index contributed by atoms with van der Waals surface area (Å²) in [6, 6.07) is 11.6. The highest BCUT2D eigenvalue weighted by molar-refractivity contribution is 6.09. The molecule has 0 aromatic heterocycles. The quantitative estimate of drug-likeness (QED) is 0.770. The first-order valence-corrected chi connectivity index (χ1v) is 7.28. The van der Waals surface area contributed by atoms with Gasteiger partial charge in [0.1, 0.15) is 5.75 Å². The van der Waals surface area contributed by atoms with Crippen LogP contribution >= 0.6 is 0 Å². The highest BCUT2D eigenvalue weighted by Crippen LogP contribution is 2.39. The second kappa shape index (κ2) is 4.73. The van der Waals surface area contributed by atoms with Gasteiger partial charge in [-0.15, -0.1) is 0 Å². The molecule has 2 aromatic rings. The van der Waals surface area contributed by atoms with Gasteiger partial charge in [0.15, 0.2) is 5.78 Å². The van der Waals surface area contributed by atoms with Gasteiger partial charge in [-0.3, -0.25) is 4.79 Å². The molecule has 0 atom stereocenters. The SMILES string of the molecule is Cc1ccc(C(=O)c2ccc3c(c2)C(C)(C)CO3)cc1C. The molecule has 1 aliphatic rings. The first kappa shape index (κ1) is 13.9. The van der Waals surface area contributed by atoms with Gasteiger partial charge >= 0.3 is 0 Å². The van der Waals surface area contributed by atoms with Crippen molar-refractivity contribution in [3.05, 3.63) is 64.2 Å². The van der Waals surface area contributed by atoms with Crippen LogP contribution in [-0.2, 0) is 5.41 Å². The zero-order valence-corrected chi connectivity index (χ0v) is 13.0. The number of hydrogen-bond donors (Lipinski definition) is 0. The van der Waals surface area contributed by atoms with Crippen molar-refractivity contribution >= 4 is 5.78 Å². The third-order valence-electron chi connectivity index (χ3n) is 4.33. The number of hydrogen-bond acceptors (Lipinski definition) is 2. The average molecular weight is 280 g/mol. The first-order chi connectivity index (χ1) is 9.88. The van der Waals surface area contributed by atoms with E-state index in [2.05, 4.69) is 20.8 Å². The Morgan fingerprint density at radius 1 is 1.00 bits per heavy atom. The molecule has 3 rings (SSSR count). The van der Waals surface area contributed by atoms with Gasteiger partial charge in [0.05, 0.1) is 6.61 Å². The zero-order chi connectivity index (χ0) is 15.2. The van der Waals surface area contributed by atoms with Gasteiger partial charge in [0.2, 0.25) is 0 Å². The summed E-state index contributed by atoms with van der Waals surface area (Å²) in [6.07, 6.45) is 0. The van der Waals surface area contributed by atoms with E-state index in [4.69, 9.17) is 4.74 Å². The number of rotatable bonds is 2. The van der Waals surface area contributed by atoms with Crippen molar-refractivity contribution < 1.29 is 9.53 Å². The Labute approximate surface area is 125 Å². The lowest BCUT2D eigenvalue weighted by molar-refractivity contribution is 0.103. The molecular weight excluding hydrogens is 260 g/mol. The summed E-state index contributed by atoms with van der Waals surface area (Å²) in [7, 11) is 0. The molecule has 0 N–H and O–H groups in total. The van der Waals surface area contributed by atoms with Crippen molar-refractivity contribution in [3.8, 4) is 5.75 Å². The van der Waals surface area contributed by atoms with Crippen LogP contribution < -0.4 is 4.74 Å². The minimum absolute atomic E-state index is 0.0329. The number of ketones is 1. The summed E-state index contributed by atoms with van der Waals surface area (Å²) in [5.74, 6) is 0.972. The van der Waals surface area contributed by atoms with Crippen LogP contribution in [0.4, 0.5) is 0 Å². The zero-order valence-electron chi connectivity index (χ0n) is 13.0. The van der Waals surface area contributed by atoms with Crippen molar-refractivity contribution in [3.63, 3.8) is 0 Å². The van der Waals surface area contributed by atoms with Crippen LogP contribution in [0.3, 0.4) is 0 Å². The van der Waals surface area contributed by atoms with Crippen molar-refractivity contribution in [1.29, 1.82) is 0 Å². The van der Waals surface area contributed by atoms with Gasteiger partial charge in [0.25, 0.3) is 0 Å². The van der Waals surface area contributed by atoms with E-state index >= 15 is 0 Å². The molecule has 0 unspecified atom stereocenters. The maximum absolute atomic E-state index is 12.7. The molecular formula is C19H20O2. The average Bonchev–Trinajstić information content (AvgIpc) is 2.76. The van der Waals surface area contributed by atoms with E-state index in [0.717, 1.165) is 28.0 Å². The summed E-state index contributed by atoms with van der Waals surface area (Å²) < 4.78 is 5.68. The van der Waals surface area contributed by atoms with Crippen LogP contribution in [0, 0.1) is 13.8 Å². The Balaban J connectivity index is 2.01. The van der Waals surface area contributed by atoms with Crippen molar-refractivity contribution in [2.24, 2.45) is 0 Å². The third-order valence-corrected chi connectivity index (χ3v) is 4.33. The van der Waals surface area contributed by atoms with Gasteiger partial charge < -0.3 is 4.74 Å². The predicted molar refractivity (Wildman–Crippen MR) is 84.3 cm³/mol. The van der Waals surface area contributed by atoms with E-state index in [9.17, 15) is 4.79 Å². The second-order valence-electron chi connectivity index (χ2n) is 6.51. The molecule has 0 spiro atoms. The van der Waals surface area contributed by atoms with Crippen molar-refractivity contribution in [2.75, 3.05) is 6.61 Å². The highest BCUT2D eigenvalue weighted by Gasteiger charge is 2.32. The monoisotopic (exact) mass is 280 g/mol. The first-order valence-electron chi connectivity index (χ1n) is 7.28. The van der Waals surface area contributed by atoms with Crippen LogP contribution in [0.1, 0.15) is 46.5 Å². The molecule has 0 saturated heterocycles. The number of aryl methyl sites for hydroxylation is 2. The van der Waals surface area contributed by atoms with Gasteiger partial charge in [-0.1, -0.05) is 26.0 Å². The second-order valence-corrected chi connectivity index (χ2v) is 6.51. The molecule has 1 aliphatic heterocycles. The number of benzene rings is 2. The fourth-order valence-electron chi connectivity index (χ4n) is 2.71. The lowest BCUT2D eigenvalue weighted by atomic mass is 9.85. The van der Waals surface area contributed by atoms with Crippen molar-refractivity contribution in [1.82, 2.24) is 0 Å². The van der Waals surface area contributed by atoms with Crippen LogP contribution in [0.15, 0.2) is 36.4 Å². The van der Waals surface area contributed by atoms with E-state index < -0.39 is 0 Å². The molecule has 0 aliphatic carbocycles. The molecule has 108 valence electrons. The minimum atomic E-state index is -0.0329. The molecule has 2 nitrogen and oxygen atoms in total. The molecule has 0 amide bonds. The summed E-state index contributed by atoms with van der Waals surface area (Å²) >= 11 is 0. The molecule has 0 radical (unpaired) electrons. The lowest BCUT2D eigenvalue weighted by Crippen LogP contribution is -2.18. The van der Waals surface area contributed by atoms with E-state index in [0.29, 0.717) is 6.61 Å². The number of carbonyl (C=O) groups is 1. The largest absolute Gasteiger partial charge is 0.492 e. The maximum atomic E-state index is 12.7. The van der Waals surface area contributed by atoms with Crippen molar-refractivity contribution in [2.45, 2.75) is 33.1 Å². The smallest absolute Gasteiger partial charge is 0.193 e. The number of carbonyl (C=O) groups excluding carboxylic acids is 1. The van der Waals surface area contributed by atoms with Crippen LogP contribution in [0.25, 0.3) is 0 Å². The topological polar surface area (TPSA) is 26.3 Å². The Bertz CT molecular complexity index is 726. The Hall–Kier alpha value is -2.09. The Morgan fingerprint density at radius 3 is 2.38 bits per heavy atom. The maximum Gasteiger partial charge on any atom is 0.193 e. The molecule has 2 heteroatoms. The number of fused-ring (bicyclic) bond motifs is 1. The molecule has 0 fully saturated rings. The van der Waals surface area contributed by atoms with E-state index in [1.54, 1.807) is 0 Å². The molecule has 0 saturated carbocycles. The molecule has 2 aromatic carbocycles. The van der Waals surface area contributed by atoms with E-state index in [1.807, 2.05) is 43.3 Å². The third kappa shape index (κ3) is 2.35. The summed E-state index contributed by atoms with van der Waals surface area (Å²) in [5, 5.41) is 0. The fourth-order valence-corrected chi connectivity index (χ4v) is 2.71. The van der Waals surface area contributed by atoms with Crippen LogP contribution in [0.5, 0.6) is 5.75 Å². The summed E-state index contributed by atoms with van der Waals surface area (Å²) in [4.78, 5) is 12.7. The molecule has 0 bridgehead atoms. The Morgan fingerprint density at radius 2 is 1.67 bits per heavy atom. The minimum Gasteiger partial charge on any atom is -0.492 e. The normalized spacial score (nSPS) is 15.4. The fraction of sp³-hybridized carbons (Fsp3) is 0.316. The summed E-state index contributed by atoms with van der Waals surface area (Å²) in [6.45, 7) is 9.04. The molecule has 21 heavy (non-hydrogen) atoms. The lowest BCUT2D eigenvalue weighted by Gasteiger charge is -2.15.